The Bertz CT molecular complexity index is 399. The second kappa shape index (κ2) is 6.54. The summed E-state index contributed by atoms with van der Waals surface area (Å²) < 4.78 is 1.67. The molecule has 5 heteroatoms. The van der Waals surface area contributed by atoms with Gasteiger partial charge in [-0.25, -0.2) is 0 Å². The van der Waals surface area contributed by atoms with Crippen LogP contribution in [-0.2, 0) is 6.54 Å². The van der Waals surface area contributed by atoms with Gasteiger partial charge in [-0.05, 0) is 32.3 Å². The molecule has 2 N–H and O–H groups in total. The van der Waals surface area contributed by atoms with Gasteiger partial charge in [0.15, 0.2) is 0 Å². The third-order valence-electron chi connectivity index (χ3n) is 2.68. The summed E-state index contributed by atoms with van der Waals surface area (Å²) in [6, 6.07) is 1.76. The Hall–Kier alpha value is -1.36. The van der Waals surface area contributed by atoms with Crippen molar-refractivity contribution < 1.29 is 9.90 Å². The van der Waals surface area contributed by atoms with Crippen molar-refractivity contribution in [2.45, 2.75) is 46.8 Å². The molecule has 0 radical (unpaired) electrons. The van der Waals surface area contributed by atoms with Crippen LogP contribution in [0.15, 0.2) is 6.07 Å². The maximum atomic E-state index is 11.9. The summed E-state index contributed by atoms with van der Waals surface area (Å²) in [5.41, 5.74) is 1.37. The molecule has 5 nitrogen and oxygen atoms in total. The first-order valence-corrected chi connectivity index (χ1v) is 6.44. The van der Waals surface area contributed by atoms with Crippen LogP contribution in [0.5, 0.6) is 0 Å². The molecular weight excluding hydrogens is 230 g/mol. The average molecular weight is 253 g/mol. The molecule has 0 bridgehead atoms. The van der Waals surface area contributed by atoms with E-state index in [2.05, 4.69) is 10.4 Å². The number of aryl methyl sites for hydroxylation is 2. The number of aromatic nitrogens is 2. The molecule has 0 aromatic carbocycles. The number of aliphatic hydroxyl groups is 1. The molecular formula is C13H23N3O2. The van der Waals surface area contributed by atoms with Gasteiger partial charge < -0.3 is 10.4 Å². The number of amides is 1. The zero-order valence-corrected chi connectivity index (χ0v) is 11.6. The Labute approximate surface area is 108 Å². The van der Waals surface area contributed by atoms with Gasteiger partial charge in [-0.2, -0.15) is 5.10 Å². The van der Waals surface area contributed by atoms with E-state index in [1.807, 2.05) is 27.7 Å². The maximum Gasteiger partial charge on any atom is 0.269 e. The molecule has 1 amide bonds. The van der Waals surface area contributed by atoms with Crippen LogP contribution in [0.25, 0.3) is 0 Å². The van der Waals surface area contributed by atoms with Gasteiger partial charge in [0.25, 0.3) is 5.91 Å². The van der Waals surface area contributed by atoms with Gasteiger partial charge in [0.1, 0.15) is 5.69 Å². The lowest BCUT2D eigenvalue weighted by Gasteiger charge is -2.14. The highest BCUT2D eigenvalue weighted by Gasteiger charge is 2.14. The Balaban J connectivity index is 2.54. The fraction of sp³-hybridized carbons (Fsp3) is 0.692. The molecule has 0 aliphatic heterocycles. The van der Waals surface area contributed by atoms with Gasteiger partial charge in [0.2, 0.25) is 0 Å². The molecule has 0 saturated carbocycles. The maximum absolute atomic E-state index is 11.9. The lowest BCUT2D eigenvalue weighted by molar-refractivity contribution is 0.0890. The summed E-state index contributed by atoms with van der Waals surface area (Å²) in [6.07, 6.45) is 0.194. The van der Waals surface area contributed by atoms with Crippen LogP contribution in [0, 0.1) is 12.8 Å². The van der Waals surface area contributed by atoms with E-state index in [0.29, 0.717) is 24.6 Å². The van der Waals surface area contributed by atoms with Gasteiger partial charge in [-0.15, -0.1) is 0 Å². The number of carbonyl (C=O) groups excluding carboxylic acids is 1. The zero-order chi connectivity index (χ0) is 13.7. The number of hydrogen-bond donors (Lipinski definition) is 2. The minimum atomic E-state index is -0.493. The number of aliphatic hydroxyl groups excluding tert-OH is 1. The molecule has 1 rings (SSSR count). The highest BCUT2D eigenvalue weighted by molar-refractivity contribution is 5.92. The predicted molar refractivity (Wildman–Crippen MR) is 70.4 cm³/mol. The topological polar surface area (TPSA) is 67.2 Å². The van der Waals surface area contributed by atoms with E-state index in [4.69, 9.17) is 0 Å². The second-order valence-corrected chi connectivity index (χ2v) is 4.98. The molecule has 0 fully saturated rings. The fourth-order valence-electron chi connectivity index (χ4n) is 1.90. The molecule has 1 aromatic rings. The van der Waals surface area contributed by atoms with Gasteiger partial charge in [-0.1, -0.05) is 13.8 Å². The average Bonchev–Trinajstić information content (AvgIpc) is 2.66. The van der Waals surface area contributed by atoms with Crippen molar-refractivity contribution in [3.8, 4) is 0 Å². The van der Waals surface area contributed by atoms with Gasteiger partial charge in [0.05, 0.1) is 11.8 Å². The number of nitrogens with one attached hydrogen (secondary N) is 1. The van der Waals surface area contributed by atoms with Crippen molar-refractivity contribution in [1.29, 1.82) is 0 Å². The highest BCUT2D eigenvalue weighted by atomic mass is 16.3. The molecule has 1 heterocycles. The Morgan fingerprint density at radius 1 is 1.56 bits per heavy atom. The van der Waals surface area contributed by atoms with Crippen LogP contribution in [0.4, 0.5) is 0 Å². The van der Waals surface area contributed by atoms with E-state index in [0.717, 1.165) is 5.69 Å². The van der Waals surface area contributed by atoms with Crippen molar-refractivity contribution in [3.05, 3.63) is 17.5 Å². The SMILES string of the molecule is CCn1nc(C)cc1C(=O)NCC(O)CC(C)C. The van der Waals surface area contributed by atoms with E-state index in [9.17, 15) is 9.90 Å². The Kier molecular flexibility index (Phi) is 5.34. The molecule has 0 aliphatic rings. The first-order chi connectivity index (χ1) is 8.43. The van der Waals surface area contributed by atoms with E-state index >= 15 is 0 Å². The summed E-state index contributed by atoms with van der Waals surface area (Å²) >= 11 is 0. The van der Waals surface area contributed by atoms with E-state index in [1.165, 1.54) is 0 Å². The number of carbonyl (C=O) groups is 1. The standard InChI is InChI=1S/C13H23N3O2/c1-5-16-12(7-10(4)15-16)13(18)14-8-11(17)6-9(2)3/h7,9,11,17H,5-6,8H2,1-4H3,(H,14,18). The first kappa shape index (κ1) is 14.7. The fourth-order valence-corrected chi connectivity index (χ4v) is 1.90. The first-order valence-electron chi connectivity index (χ1n) is 6.44. The van der Waals surface area contributed by atoms with E-state index in [1.54, 1.807) is 10.7 Å². The molecule has 1 aromatic heterocycles. The van der Waals surface area contributed by atoms with Crippen LogP contribution in [0.1, 0.15) is 43.4 Å². The summed E-state index contributed by atoms with van der Waals surface area (Å²) in [6.45, 7) is 8.82. The van der Waals surface area contributed by atoms with Crippen LogP contribution < -0.4 is 5.32 Å². The van der Waals surface area contributed by atoms with Gasteiger partial charge in [-0.3, -0.25) is 9.48 Å². The minimum absolute atomic E-state index is 0.180. The van der Waals surface area contributed by atoms with Crippen molar-refractivity contribution >= 4 is 5.91 Å². The Morgan fingerprint density at radius 2 is 2.22 bits per heavy atom. The normalized spacial score (nSPS) is 12.8. The van der Waals surface area contributed by atoms with E-state index < -0.39 is 6.10 Å². The largest absolute Gasteiger partial charge is 0.391 e. The Morgan fingerprint density at radius 3 is 2.78 bits per heavy atom. The molecule has 0 aliphatic carbocycles. The van der Waals surface area contributed by atoms with Crippen LogP contribution >= 0.6 is 0 Å². The quantitative estimate of drug-likeness (QED) is 0.804. The third kappa shape index (κ3) is 4.14. The third-order valence-corrected chi connectivity index (χ3v) is 2.68. The number of hydrogen-bond acceptors (Lipinski definition) is 3. The van der Waals surface area contributed by atoms with Gasteiger partial charge in [0, 0.05) is 13.1 Å². The molecule has 0 saturated heterocycles. The lowest BCUT2D eigenvalue weighted by Crippen LogP contribution is -2.34. The summed E-state index contributed by atoms with van der Waals surface area (Å²) in [7, 11) is 0. The smallest absolute Gasteiger partial charge is 0.269 e. The molecule has 1 atom stereocenters. The van der Waals surface area contributed by atoms with Crippen LogP contribution in [0.2, 0.25) is 0 Å². The van der Waals surface area contributed by atoms with Crippen molar-refractivity contribution in [3.63, 3.8) is 0 Å². The molecule has 102 valence electrons. The van der Waals surface area contributed by atoms with Gasteiger partial charge >= 0.3 is 0 Å². The summed E-state index contributed by atoms with van der Waals surface area (Å²) in [4.78, 5) is 11.9. The molecule has 0 spiro atoms. The number of rotatable bonds is 6. The minimum Gasteiger partial charge on any atom is -0.391 e. The van der Waals surface area contributed by atoms with Crippen LogP contribution in [-0.4, -0.2) is 33.4 Å². The summed E-state index contributed by atoms with van der Waals surface area (Å²) in [5.74, 6) is 0.237. The monoisotopic (exact) mass is 253 g/mol. The number of nitrogens with zero attached hydrogens (tertiary/aromatic N) is 2. The zero-order valence-electron chi connectivity index (χ0n) is 11.6. The van der Waals surface area contributed by atoms with Crippen molar-refractivity contribution in [2.75, 3.05) is 6.54 Å². The molecule has 18 heavy (non-hydrogen) atoms. The lowest BCUT2D eigenvalue weighted by atomic mass is 10.1. The molecule has 1 unspecified atom stereocenters. The van der Waals surface area contributed by atoms with E-state index in [-0.39, 0.29) is 12.5 Å². The summed E-state index contributed by atoms with van der Waals surface area (Å²) in [5, 5.41) is 16.7. The predicted octanol–water partition coefficient (Wildman–Crippen LogP) is 1.35. The van der Waals surface area contributed by atoms with Crippen LogP contribution in [0.3, 0.4) is 0 Å². The second-order valence-electron chi connectivity index (χ2n) is 4.98. The van der Waals surface area contributed by atoms with Crippen molar-refractivity contribution in [2.24, 2.45) is 5.92 Å². The van der Waals surface area contributed by atoms with Crippen molar-refractivity contribution in [1.82, 2.24) is 15.1 Å². The highest BCUT2D eigenvalue weighted by Crippen LogP contribution is 2.05.